The number of carbonyl (C=O) groups is 1. The first-order valence-corrected chi connectivity index (χ1v) is 3.52. The van der Waals surface area contributed by atoms with Gasteiger partial charge in [0, 0.05) is 6.42 Å². The van der Waals surface area contributed by atoms with Gasteiger partial charge in [-0.15, -0.1) is 0 Å². The summed E-state index contributed by atoms with van der Waals surface area (Å²) >= 11 is 0. The van der Waals surface area contributed by atoms with Crippen molar-refractivity contribution in [2.75, 3.05) is 6.61 Å². The molecule has 1 unspecified atom stereocenters. The Morgan fingerprint density at radius 3 is 3.09 bits per heavy atom. The van der Waals surface area contributed by atoms with Gasteiger partial charge in [-0.3, -0.25) is 4.79 Å². The summed E-state index contributed by atoms with van der Waals surface area (Å²) in [6.45, 7) is 0.699. The lowest BCUT2D eigenvalue weighted by Crippen LogP contribution is -2.35. The first kappa shape index (κ1) is 6.54. The largest absolute Gasteiger partial charge is 0.370 e. The summed E-state index contributed by atoms with van der Waals surface area (Å²) in [7, 11) is 0. The standard InChI is InChI=1S/C7H8N2O2/c10-7(6-1-2-11-6)5-3-8-4-9-5/h3-4,6H,1-2H2,(H,8,9). The molecule has 11 heavy (non-hydrogen) atoms. The number of nitrogens with one attached hydrogen (secondary N) is 1. The van der Waals surface area contributed by atoms with E-state index in [1.165, 1.54) is 12.5 Å². The number of Topliss-reactive ketones (excluding diaryl/α,β-unsaturated/α-hetero) is 1. The van der Waals surface area contributed by atoms with Gasteiger partial charge in [-0.1, -0.05) is 0 Å². The van der Waals surface area contributed by atoms with Gasteiger partial charge in [0.25, 0.3) is 0 Å². The van der Waals surface area contributed by atoms with E-state index < -0.39 is 0 Å². The zero-order valence-electron chi connectivity index (χ0n) is 5.91. The van der Waals surface area contributed by atoms with Crippen molar-refractivity contribution in [2.24, 2.45) is 0 Å². The summed E-state index contributed by atoms with van der Waals surface area (Å²) in [5.41, 5.74) is 0.537. The number of aromatic amines is 1. The molecule has 2 heterocycles. The molecule has 1 fully saturated rings. The Balaban J connectivity index is 2.10. The third kappa shape index (κ3) is 1.05. The average Bonchev–Trinajstić information content (AvgIpc) is 2.32. The van der Waals surface area contributed by atoms with Crippen molar-refractivity contribution in [3.05, 3.63) is 18.2 Å². The molecule has 0 aliphatic carbocycles. The molecule has 1 atom stereocenters. The summed E-state index contributed by atoms with van der Waals surface area (Å²) in [4.78, 5) is 17.8. The maximum Gasteiger partial charge on any atom is 0.209 e. The Kier molecular flexibility index (Phi) is 1.47. The third-order valence-electron chi connectivity index (χ3n) is 1.76. The van der Waals surface area contributed by atoms with Crippen LogP contribution in [0.15, 0.2) is 12.5 Å². The van der Waals surface area contributed by atoms with Crippen LogP contribution in [0.1, 0.15) is 16.9 Å². The zero-order chi connectivity index (χ0) is 7.68. The number of hydrogen-bond donors (Lipinski definition) is 1. The molecule has 0 bridgehead atoms. The molecule has 0 saturated carbocycles. The van der Waals surface area contributed by atoms with Crippen molar-refractivity contribution in [2.45, 2.75) is 12.5 Å². The Morgan fingerprint density at radius 2 is 2.64 bits per heavy atom. The first-order chi connectivity index (χ1) is 5.38. The van der Waals surface area contributed by atoms with Gasteiger partial charge >= 0.3 is 0 Å². The van der Waals surface area contributed by atoms with Gasteiger partial charge in [0.2, 0.25) is 5.78 Å². The highest BCUT2D eigenvalue weighted by Gasteiger charge is 2.27. The summed E-state index contributed by atoms with van der Waals surface area (Å²) in [5.74, 6) is 0.00810. The van der Waals surface area contributed by atoms with E-state index in [1.54, 1.807) is 0 Å². The third-order valence-corrected chi connectivity index (χ3v) is 1.76. The van der Waals surface area contributed by atoms with Gasteiger partial charge in [-0.25, -0.2) is 4.98 Å². The molecular weight excluding hydrogens is 144 g/mol. The molecule has 1 aliphatic rings. The first-order valence-electron chi connectivity index (χ1n) is 3.52. The topological polar surface area (TPSA) is 55.0 Å². The van der Waals surface area contributed by atoms with Crippen molar-refractivity contribution < 1.29 is 9.53 Å². The number of nitrogens with zero attached hydrogens (tertiary/aromatic N) is 1. The molecule has 4 heteroatoms. The smallest absolute Gasteiger partial charge is 0.209 e. The Bertz CT molecular complexity index is 251. The van der Waals surface area contributed by atoms with Gasteiger partial charge in [-0.05, 0) is 0 Å². The number of hydrogen-bond acceptors (Lipinski definition) is 3. The second-order valence-electron chi connectivity index (χ2n) is 2.48. The second kappa shape index (κ2) is 2.47. The highest BCUT2D eigenvalue weighted by atomic mass is 16.5. The van der Waals surface area contributed by atoms with E-state index in [9.17, 15) is 4.79 Å². The molecule has 0 aromatic carbocycles. The number of ether oxygens (including phenoxy) is 1. The van der Waals surface area contributed by atoms with Crippen molar-refractivity contribution in [1.82, 2.24) is 9.97 Å². The van der Waals surface area contributed by atoms with Gasteiger partial charge < -0.3 is 9.72 Å². The number of imidazole rings is 1. The number of carbonyl (C=O) groups excluding carboxylic acids is 1. The zero-order valence-corrected chi connectivity index (χ0v) is 5.91. The van der Waals surface area contributed by atoms with Crippen LogP contribution in [-0.2, 0) is 4.74 Å². The predicted octanol–water partition coefficient (Wildman–Crippen LogP) is 0.381. The Morgan fingerprint density at radius 1 is 1.82 bits per heavy atom. The molecule has 1 N–H and O–H groups in total. The minimum Gasteiger partial charge on any atom is -0.370 e. The molecule has 0 radical (unpaired) electrons. The van der Waals surface area contributed by atoms with Gasteiger partial charge in [0.05, 0.1) is 19.1 Å². The van der Waals surface area contributed by atoms with Crippen LogP contribution in [0.2, 0.25) is 0 Å². The van der Waals surface area contributed by atoms with E-state index in [4.69, 9.17) is 4.74 Å². The fourth-order valence-electron chi connectivity index (χ4n) is 1.01. The summed E-state index contributed by atoms with van der Waals surface area (Å²) in [5, 5.41) is 0. The molecule has 58 valence electrons. The maximum atomic E-state index is 11.3. The van der Waals surface area contributed by atoms with Crippen LogP contribution in [0.25, 0.3) is 0 Å². The summed E-state index contributed by atoms with van der Waals surface area (Å²) in [6.07, 6.45) is 3.61. The fraction of sp³-hybridized carbons (Fsp3) is 0.429. The highest BCUT2D eigenvalue weighted by Crippen LogP contribution is 2.15. The predicted molar refractivity (Wildman–Crippen MR) is 37.3 cm³/mol. The van der Waals surface area contributed by atoms with Crippen molar-refractivity contribution in [3.8, 4) is 0 Å². The van der Waals surface area contributed by atoms with Crippen LogP contribution in [0.4, 0.5) is 0 Å². The Hall–Kier alpha value is -1.16. The lowest BCUT2D eigenvalue weighted by atomic mass is 10.1. The number of aromatic nitrogens is 2. The normalized spacial score (nSPS) is 22.7. The Labute approximate surface area is 63.6 Å². The molecule has 4 nitrogen and oxygen atoms in total. The second-order valence-corrected chi connectivity index (χ2v) is 2.48. The number of ketones is 1. The molecule has 1 aliphatic heterocycles. The molecular formula is C7H8N2O2. The van der Waals surface area contributed by atoms with Gasteiger partial charge in [0.15, 0.2) is 0 Å². The van der Waals surface area contributed by atoms with Crippen LogP contribution in [0.3, 0.4) is 0 Å². The van der Waals surface area contributed by atoms with Crippen LogP contribution in [0.5, 0.6) is 0 Å². The van der Waals surface area contributed by atoms with E-state index in [1.807, 2.05) is 0 Å². The van der Waals surface area contributed by atoms with Crippen molar-refractivity contribution in [1.29, 1.82) is 0 Å². The van der Waals surface area contributed by atoms with Crippen molar-refractivity contribution in [3.63, 3.8) is 0 Å². The summed E-state index contributed by atoms with van der Waals surface area (Å²) in [6, 6.07) is 0. The quantitative estimate of drug-likeness (QED) is 0.623. The molecule has 1 aromatic heterocycles. The van der Waals surface area contributed by atoms with Gasteiger partial charge in [0.1, 0.15) is 11.8 Å². The molecule has 0 spiro atoms. The van der Waals surface area contributed by atoms with Crippen LogP contribution < -0.4 is 0 Å². The molecule has 1 saturated heterocycles. The minimum atomic E-state index is -0.226. The fourth-order valence-corrected chi connectivity index (χ4v) is 1.01. The van der Waals surface area contributed by atoms with E-state index in [2.05, 4.69) is 9.97 Å². The lowest BCUT2D eigenvalue weighted by molar-refractivity contribution is -0.0321. The van der Waals surface area contributed by atoms with Crippen LogP contribution in [0, 0.1) is 0 Å². The minimum absolute atomic E-state index is 0.00810. The van der Waals surface area contributed by atoms with Gasteiger partial charge in [-0.2, -0.15) is 0 Å². The van der Waals surface area contributed by atoms with E-state index in [0.29, 0.717) is 12.3 Å². The average molecular weight is 152 g/mol. The SMILES string of the molecule is O=C(c1cnc[nH]1)C1CCO1. The molecule has 2 rings (SSSR count). The van der Waals surface area contributed by atoms with E-state index in [-0.39, 0.29) is 11.9 Å². The highest BCUT2D eigenvalue weighted by molar-refractivity contribution is 5.97. The summed E-state index contributed by atoms with van der Waals surface area (Å²) < 4.78 is 5.02. The van der Waals surface area contributed by atoms with E-state index in [0.717, 1.165) is 6.42 Å². The van der Waals surface area contributed by atoms with Crippen LogP contribution >= 0.6 is 0 Å². The molecule has 1 aromatic rings. The maximum absolute atomic E-state index is 11.3. The monoisotopic (exact) mass is 152 g/mol. The number of H-pyrrole nitrogens is 1. The van der Waals surface area contributed by atoms with Crippen molar-refractivity contribution >= 4 is 5.78 Å². The van der Waals surface area contributed by atoms with E-state index >= 15 is 0 Å². The van der Waals surface area contributed by atoms with Crippen LogP contribution in [-0.4, -0.2) is 28.5 Å². The number of rotatable bonds is 2. The lowest BCUT2D eigenvalue weighted by Gasteiger charge is -2.23. The molecule has 0 amide bonds.